The van der Waals surface area contributed by atoms with Gasteiger partial charge >= 0.3 is 5.97 Å². The number of nitrogens with one attached hydrogen (secondary N) is 2. The lowest BCUT2D eigenvalue weighted by Crippen LogP contribution is -2.14. The second-order valence-electron chi connectivity index (χ2n) is 8.90. The van der Waals surface area contributed by atoms with E-state index in [0.717, 1.165) is 27.8 Å². The zero-order valence-corrected chi connectivity index (χ0v) is 20.1. The van der Waals surface area contributed by atoms with Crippen molar-refractivity contribution in [3.8, 4) is 22.5 Å². The molecule has 3 N–H and O–H groups in total. The number of para-hydroxylation sites is 1. The molecule has 0 spiro atoms. The Bertz CT molecular complexity index is 1630. The van der Waals surface area contributed by atoms with Gasteiger partial charge in [0.2, 0.25) is 0 Å². The highest BCUT2D eigenvalue weighted by Gasteiger charge is 2.20. The van der Waals surface area contributed by atoms with Crippen molar-refractivity contribution in [2.45, 2.75) is 26.8 Å². The van der Waals surface area contributed by atoms with Crippen LogP contribution in [-0.4, -0.2) is 21.3 Å². The number of anilines is 1. The molecule has 0 amide bonds. The fourth-order valence-corrected chi connectivity index (χ4v) is 4.49. The molecule has 1 atom stereocenters. The van der Waals surface area contributed by atoms with Gasteiger partial charge in [0.1, 0.15) is 11.3 Å². The summed E-state index contributed by atoms with van der Waals surface area (Å²) in [5, 5.41) is 20.2. The Balaban J connectivity index is 1.61. The topological polar surface area (TPSA) is 108 Å². The number of carboxylic acids is 1. The van der Waals surface area contributed by atoms with E-state index in [0.29, 0.717) is 28.0 Å². The first kappa shape index (κ1) is 23.1. The average molecular weight is 480 g/mol. The molecular formula is C29H25N3O4. The van der Waals surface area contributed by atoms with Crippen molar-refractivity contribution in [3.05, 3.63) is 106 Å². The minimum atomic E-state index is -1.01. The molecule has 0 radical (unpaired) electrons. The predicted octanol–water partition coefficient (Wildman–Crippen LogP) is 6.34. The van der Waals surface area contributed by atoms with Gasteiger partial charge in [-0.2, -0.15) is 5.10 Å². The Kier molecular flexibility index (Phi) is 5.90. The predicted molar refractivity (Wildman–Crippen MR) is 140 cm³/mol. The largest absolute Gasteiger partial charge is 0.478 e. The molecule has 36 heavy (non-hydrogen) atoms. The van der Waals surface area contributed by atoms with Gasteiger partial charge in [0, 0.05) is 34.1 Å². The zero-order chi connectivity index (χ0) is 25.4. The highest BCUT2D eigenvalue weighted by molar-refractivity contribution is 5.94. The van der Waals surface area contributed by atoms with Gasteiger partial charge in [0.25, 0.3) is 0 Å². The SMILES string of the molecule is Cc1cc([C@@H](C)Nc2ccccc2C(=O)O)c2oc(-c3ccc(-c4cn[nH]c4)cc3)c(C)c(=O)c2c1. The summed E-state index contributed by atoms with van der Waals surface area (Å²) in [6.45, 7) is 5.63. The molecule has 2 aromatic heterocycles. The van der Waals surface area contributed by atoms with E-state index in [1.165, 1.54) is 0 Å². The molecule has 0 saturated heterocycles. The number of aromatic carboxylic acids is 1. The van der Waals surface area contributed by atoms with Crippen LogP contribution in [0, 0.1) is 13.8 Å². The summed E-state index contributed by atoms with van der Waals surface area (Å²) >= 11 is 0. The zero-order valence-electron chi connectivity index (χ0n) is 20.1. The summed E-state index contributed by atoms with van der Waals surface area (Å²) in [5.41, 5.74) is 6.06. The number of hydrogen-bond acceptors (Lipinski definition) is 5. The van der Waals surface area contributed by atoms with E-state index >= 15 is 0 Å². The number of benzene rings is 3. The van der Waals surface area contributed by atoms with Crippen LogP contribution in [0.2, 0.25) is 0 Å². The molecule has 0 unspecified atom stereocenters. The minimum absolute atomic E-state index is 0.0896. The van der Waals surface area contributed by atoms with Crippen molar-refractivity contribution in [1.29, 1.82) is 0 Å². The molecule has 2 heterocycles. The standard InChI is InChI=1S/C29H25N3O4/c1-16-12-23(18(3)32-25-7-5-4-6-22(25)29(34)35)28-24(13-16)26(33)17(2)27(36-28)20-10-8-19(9-11-20)21-14-30-31-15-21/h4-15,18,32H,1-3H3,(H,30,31)(H,34,35)/t18-/m1/s1. The molecule has 0 fully saturated rings. The lowest BCUT2D eigenvalue weighted by Gasteiger charge is -2.20. The van der Waals surface area contributed by atoms with E-state index in [4.69, 9.17) is 4.42 Å². The summed E-state index contributed by atoms with van der Waals surface area (Å²) in [6, 6.07) is 18.0. The number of aromatic nitrogens is 2. The van der Waals surface area contributed by atoms with Gasteiger partial charge in [-0.1, -0.05) is 42.5 Å². The van der Waals surface area contributed by atoms with Crippen molar-refractivity contribution in [2.75, 3.05) is 5.32 Å². The molecule has 0 aliphatic rings. The molecule has 0 saturated carbocycles. The van der Waals surface area contributed by atoms with Crippen LogP contribution in [0.15, 0.2) is 82.3 Å². The van der Waals surface area contributed by atoms with E-state index in [-0.39, 0.29) is 17.0 Å². The molecular weight excluding hydrogens is 454 g/mol. The van der Waals surface area contributed by atoms with Crippen LogP contribution in [0.1, 0.15) is 40.0 Å². The molecule has 7 heteroatoms. The molecule has 7 nitrogen and oxygen atoms in total. The molecule has 0 aliphatic carbocycles. The maximum atomic E-state index is 13.4. The third kappa shape index (κ3) is 4.15. The van der Waals surface area contributed by atoms with Gasteiger partial charge in [-0.05, 0) is 50.1 Å². The second-order valence-corrected chi connectivity index (χ2v) is 8.90. The first-order chi connectivity index (χ1) is 17.3. The van der Waals surface area contributed by atoms with Gasteiger partial charge in [0.05, 0.1) is 23.2 Å². The number of fused-ring (bicyclic) bond motifs is 1. The number of aryl methyl sites for hydroxylation is 1. The maximum absolute atomic E-state index is 13.4. The van der Waals surface area contributed by atoms with Gasteiger partial charge < -0.3 is 14.8 Å². The Hall–Kier alpha value is -4.65. The molecule has 0 aliphatic heterocycles. The lowest BCUT2D eigenvalue weighted by molar-refractivity contribution is 0.0698. The summed E-state index contributed by atoms with van der Waals surface area (Å²) in [6.07, 6.45) is 3.57. The van der Waals surface area contributed by atoms with Gasteiger partial charge in [-0.25, -0.2) is 4.79 Å². The number of nitrogens with zero attached hydrogens (tertiary/aromatic N) is 1. The Morgan fingerprint density at radius 2 is 1.75 bits per heavy atom. The molecule has 0 bridgehead atoms. The quantitative estimate of drug-likeness (QED) is 0.262. The Labute approximate surface area is 207 Å². The van der Waals surface area contributed by atoms with Gasteiger partial charge in [0.15, 0.2) is 5.43 Å². The summed E-state index contributed by atoms with van der Waals surface area (Å²) < 4.78 is 6.44. The first-order valence-electron chi connectivity index (χ1n) is 11.6. The van der Waals surface area contributed by atoms with Crippen LogP contribution in [0.3, 0.4) is 0 Å². The van der Waals surface area contributed by atoms with Crippen molar-refractivity contribution < 1.29 is 14.3 Å². The highest BCUT2D eigenvalue weighted by Crippen LogP contribution is 2.33. The second kappa shape index (κ2) is 9.19. The fourth-order valence-electron chi connectivity index (χ4n) is 4.49. The van der Waals surface area contributed by atoms with Crippen molar-refractivity contribution in [3.63, 3.8) is 0 Å². The molecule has 5 rings (SSSR count). The van der Waals surface area contributed by atoms with Gasteiger partial charge in [-0.15, -0.1) is 0 Å². The van der Waals surface area contributed by atoms with Crippen LogP contribution in [0.4, 0.5) is 5.69 Å². The van der Waals surface area contributed by atoms with Crippen molar-refractivity contribution in [1.82, 2.24) is 10.2 Å². The Morgan fingerprint density at radius 1 is 1.03 bits per heavy atom. The average Bonchev–Trinajstić information content (AvgIpc) is 3.41. The highest BCUT2D eigenvalue weighted by atomic mass is 16.4. The summed E-state index contributed by atoms with van der Waals surface area (Å²) in [4.78, 5) is 25.1. The van der Waals surface area contributed by atoms with Crippen LogP contribution >= 0.6 is 0 Å². The number of rotatable bonds is 6. The normalized spacial score (nSPS) is 12.0. The van der Waals surface area contributed by atoms with Crippen LogP contribution in [-0.2, 0) is 0 Å². The molecule has 180 valence electrons. The van der Waals surface area contributed by atoms with Crippen LogP contribution < -0.4 is 10.7 Å². The molecule has 3 aromatic carbocycles. The van der Waals surface area contributed by atoms with Crippen molar-refractivity contribution >= 4 is 22.6 Å². The fraction of sp³-hybridized carbons (Fsp3) is 0.138. The summed E-state index contributed by atoms with van der Waals surface area (Å²) in [5.74, 6) is -0.503. The number of aromatic amines is 1. The minimum Gasteiger partial charge on any atom is -0.478 e. The number of hydrogen-bond donors (Lipinski definition) is 3. The smallest absolute Gasteiger partial charge is 0.337 e. The number of H-pyrrole nitrogens is 1. The van der Waals surface area contributed by atoms with Gasteiger partial charge in [-0.3, -0.25) is 9.89 Å². The Morgan fingerprint density at radius 3 is 2.44 bits per heavy atom. The summed E-state index contributed by atoms with van der Waals surface area (Å²) in [7, 11) is 0. The third-order valence-corrected chi connectivity index (χ3v) is 6.37. The first-order valence-corrected chi connectivity index (χ1v) is 11.6. The lowest BCUT2D eigenvalue weighted by atomic mass is 9.98. The monoisotopic (exact) mass is 479 g/mol. The van der Waals surface area contributed by atoms with Crippen LogP contribution in [0.25, 0.3) is 33.4 Å². The number of carbonyl (C=O) groups is 1. The van der Waals surface area contributed by atoms with E-state index < -0.39 is 5.97 Å². The maximum Gasteiger partial charge on any atom is 0.337 e. The van der Waals surface area contributed by atoms with Crippen molar-refractivity contribution in [2.24, 2.45) is 0 Å². The number of carboxylic acid groups (broad SMARTS) is 1. The van der Waals surface area contributed by atoms with E-state index in [1.807, 2.05) is 56.4 Å². The van der Waals surface area contributed by atoms with Crippen LogP contribution in [0.5, 0.6) is 0 Å². The van der Waals surface area contributed by atoms with E-state index in [1.54, 1.807) is 37.4 Å². The van der Waals surface area contributed by atoms with E-state index in [9.17, 15) is 14.7 Å². The van der Waals surface area contributed by atoms with E-state index in [2.05, 4.69) is 15.5 Å². The molecule has 5 aromatic rings. The third-order valence-electron chi connectivity index (χ3n) is 6.37.